The largest absolute Gasteiger partial charge is 0.493 e. The summed E-state index contributed by atoms with van der Waals surface area (Å²) in [6.45, 7) is 2.49. The number of hydrogen-bond donors (Lipinski definition) is 1. The minimum absolute atomic E-state index is 0.0160. The topological polar surface area (TPSA) is 86.4 Å². The number of carbonyl (C=O) groups excluding carboxylic acids is 1. The Morgan fingerprint density at radius 3 is 2.65 bits per heavy atom. The number of fused-ring (bicyclic) bond motifs is 1. The van der Waals surface area contributed by atoms with Crippen LogP contribution in [0, 0.1) is 0 Å². The maximum Gasteiger partial charge on any atom is 0.262 e. The molecule has 1 aliphatic heterocycles. The third kappa shape index (κ3) is 5.26. The monoisotopic (exact) mass is 514 g/mol. The highest BCUT2D eigenvalue weighted by molar-refractivity contribution is 7.07. The predicted octanol–water partition coefficient (Wildman–Crippen LogP) is 4.94. The fourth-order valence-electron chi connectivity index (χ4n) is 3.96. The molecule has 1 aliphatic rings. The molecule has 3 aromatic carbocycles. The molecule has 4 aromatic rings. The molecule has 0 radical (unpaired) electrons. The van der Waals surface area contributed by atoms with Gasteiger partial charge in [0.2, 0.25) is 4.80 Å². The summed E-state index contributed by atoms with van der Waals surface area (Å²) in [5, 5.41) is 9.87. The Morgan fingerprint density at radius 2 is 1.86 bits per heavy atom. The first-order chi connectivity index (χ1) is 18.1. The van der Waals surface area contributed by atoms with Crippen LogP contribution in [0.5, 0.6) is 17.2 Å². The van der Waals surface area contributed by atoms with Crippen molar-refractivity contribution in [3.05, 3.63) is 88.0 Å². The molecule has 0 atom stereocenters. The summed E-state index contributed by atoms with van der Waals surface area (Å²) in [7, 11) is 3.22. The number of methoxy groups -OCH3 is 2. The normalized spacial score (nSPS) is 13.5. The van der Waals surface area contributed by atoms with E-state index in [-0.39, 0.29) is 12.5 Å². The fourth-order valence-corrected chi connectivity index (χ4v) is 4.79. The van der Waals surface area contributed by atoms with Gasteiger partial charge in [-0.25, -0.2) is 4.68 Å². The van der Waals surface area contributed by atoms with Crippen molar-refractivity contribution in [2.75, 3.05) is 26.1 Å². The van der Waals surface area contributed by atoms with Crippen molar-refractivity contribution >= 4 is 28.6 Å². The molecule has 5 rings (SSSR count). The van der Waals surface area contributed by atoms with Gasteiger partial charge >= 0.3 is 0 Å². The average molecular weight is 515 g/mol. The van der Waals surface area contributed by atoms with Gasteiger partial charge in [-0.05, 0) is 48.9 Å². The number of anilines is 1. The maximum atomic E-state index is 11.9. The highest BCUT2D eigenvalue weighted by atomic mass is 32.1. The lowest BCUT2D eigenvalue weighted by molar-refractivity contribution is -0.118. The van der Waals surface area contributed by atoms with Crippen LogP contribution < -0.4 is 24.3 Å². The number of carbonyl (C=O) groups is 1. The zero-order valence-corrected chi connectivity index (χ0v) is 21.5. The van der Waals surface area contributed by atoms with Crippen LogP contribution >= 0.6 is 11.3 Å². The minimum atomic E-state index is -0.177. The van der Waals surface area contributed by atoms with Crippen LogP contribution in [0.3, 0.4) is 0 Å². The van der Waals surface area contributed by atoms with Crippen LogP contribution in [0.25, 0.3) is 11.3 Å². The molecular weight excluding hydrogens is 488 g/mol. The number of rotatable bonds is 7. The van der Waals surface area contributed by atoms with E-state index in [0.29, 0.717) is 29.5 Å². The lowest BCUT2D eigenvalue weighted by Gasteiger charge is -2.18. The number of aromatic nitrogens is 1. The number of nitrogens with zero attached hydrogens (tertiary/aromatic N) is 3. The lowest BCUT2D eigenvalue weighted by atomic mass is 10.1. The van der Waals surface area contributed by atoms with Gasteiger partial charge in [-0.2, -0.15) is 5.10 Å². The fraction of sp³-hybridized carbons (Fsp3) is 0.179. The molecule has 37 heavy (non-hydrogen) atoms. The van der Waals surface area contributed by atoms with Gasteiger partial charge < -0.3 is 19.5 Å². The molecule has 8 nitrogen and oxygen atoms in total. The third-order valence-electron chi connectivity index (χ3n) is 5.88. The Morgan fingerprint density at radius 1 is 1.05 bits per heavy atom. The molecule has 0 spiro atoms. The zero-order chi connectivity index (χ0) is 25.8. The van der Waals surface area contributed by atoms with Crippen LogP contribution in [0.2, 0.25) is 0 Å². The van der Waals surface area contributed by atoms with Crippen molar-refractivity contribution < 1.29 is 19.0 Å². The molecule has 0 bridgehead atoms. The van der Waals surface area contributed by atoms with Crippen molar-refractivity contribution in [1.82, 2.24) is 4.68 Å². The summed E-state index contributed by atoms with van der Waals surface area (Å²) in [6, 6.07) is 21.5. The van der Waals surface area contributed by atoms with E-state index in [1.165, 1.54) is 11.3 Å². The molecule has 0 unspecified atom stereocenters. The molecular formula is C28H26N4O4S. The van der Waals surface area contributed by atoms with E-state index >= 15 is 0 Å². The Labute approximate surface area is 218 Å². The van der Waals surface area contributed by atoms with Gasteiger partial charge in [0, 0.05) is 16.5 Å². The summed E-state index contributed by atoms with van der Waals surface area (Å²) in [6.07, 6.45) is 0. The van der Waals surface area contributed by atoms with Crippen LogP contribution in [0.4, 0.5) is 5.69 Å². The Balaban J connectivity index is 1.60. The Bertz CT molecular complexity index is 1540. The van der Waals surface area contributed by atoms with E-state index in [0.717, 1.165) is 32.9 Å². The third-order valence-corrected chi connectivity index (χ3v) is 6.74. The summed E-state index contributed by atoms with van der Waals surface area (Å²) in [5.74, 6) is 1.75. The van der Waals surface area contributed by atoms with E-state index in [4.69, 9.17) is 24.3 Å². The molecule has 0 aliphatic carbocycles. The second-order valence-electron chi connectivity index (χ2n) is 8.32. The number of benzene rings is 3. The molecule has 2 heterocycles. The van der Waals surface area contributed by atoms with Crippen LogP contribution in [-0.2, 0) is 11.3 Å². The molecule has 1 N–H and O–H groups in total. The highest BCUT2D eigenvalue weighted by Crippen LogP contribution is 2.33. The standard InChI is InChI=1S/C28H26N4O4S/c1-18(20-9-12-25(34-2)26(14-20)35-3)31-32-23(17-37-28(32)29-15-19-7-5-4-6-8-19)21-10-11-24-22(13-21)30-27(33)16-36-24/h4-14,17H,15-16H2,1-3H3,(H,30,33). The molecule has 1 amide bonds. The van der Waals surface area contributed by atoms with Crippen molar-refractivity contribution in [3.63, 3.8) is 0 Å². The molecule has 9 heteroatoms. The molecule has 0 saturated carbocycles. The smallest absolute Gasteiger partial charge is 0.262 e. The Kier molecular flexibility index (Phi) is 7.04. The van der Waals surface area contributed by atoms with Gasteiger partial charge in [0.25, 0.3) is 5.91 Å². The predicted molar refractivity (Wildman–Crippen MR) is 145 cm³/mol. The molecule has 188 valence electrons. The zero-order valence-electron chi connectivity index (χ0n) is 20.7. The van der Waals surface area contributed by atoms with Crippen molar-refractivity contribution in [1.29, 1.82) is 0 Å². The number of nitrogens with one attached hydrogen (secondary N) is 1. The van der Waals surface area contributed by atoms with E-state index in [1.807, 2.05) is 83.7 Å². The molecule has 0 saturated heterocycles. The first kappa shape index (κ1) is 24.3. The van der Waals surface area contributed by atoms with Gasteiger partial charge in [-0.3, -0.25) is 9.79 Å². The SMILES string of the molecule is COc1ccc(C(C)=Nn2c(-c3ccc4c(c3)NC(=O)CO4)csc2=NCc2ccccc2)cc1OC. The number of amides is 1. The van der Waals surface area contributed by atoms with Crippen LogP contribution in [0.15, 0.2) is 82.2 Å². The van der Waals surface area contributed by atoms with Gasteiger partial charge in [-0.15, -0.1) is 11.3 Å². The van der Waals surface area contributed by atoms with Crippen LogP contribution in [-0.4, -0.2) is 37.1 Å². The van der Waals surface area contributed by atoms with Crippen molar-refractivity contribution in [3.8, 4) is 28.5 Å². The summed E-state index contributed by atoms with van der Waals surface area (Å²) < 4.78 is 18.2. The summed E-state index contributed by atoms with van der Waals surface area (Å²) in [5.41, 5.74) is 5.14. The summed E-state index contributed by atoms with van der Waals surface area (Å²) >= 11 is 1.51. The van der Waals surface area contributed by atoms with Crippen molar-refractivity contribution in [2.45, 2.75) is 13.5 Å². The quantitative estimate of drug-likeness (QED) is 0.354. The van der Waals surface area contributed by atoms with Gasteiger partial charge in [-0.1, -0.05) is 30.3 Å². The lowest BCUT2D eigenvalue weighted by Crippen LogP contribution is -2.25. The van der Waals surface area contributed by atoms with Gasteiger partial charge in [0.15, 0.2) is 18.1 Å². The maximum absolute atomic E-state index is 11.9. The van der Waals surface area contributed by atoms with E-state index in [2.05, 4.69) is 5.32 Å². The van der Waals surface area contributed by atoms with E-state index < -0.39 is 0 Å². The second-order valence-corrected chi connectivity index (χ2v) is 9.16. The Hall–Kier alpha value is -4.37. The number of hydrogen-bond acceptors (Lipinski definition) is 7. The van der Waals surface area contributed by atoms with E-state index in [9.17, 15) is 4.79 Å². The number of ether oxygens (including phenoxy) is 3. The first-order valence-electron chi connectivity index (χ1n) is 11.7. The average Bonchev–Trinajstić information content (AvgIpc) is 3.33. The second kappa shape index (κ2) is 10.7. The molecule has 1 aromatic heterocycles. The minimum Gasteiger partial charge on any atom is -0.493 e. The van der Waals surface area contributed by atoms with Gasteiger partial charge in [0.05, 0.1) is 37.9 Å². The van der Waals surface area contributed by atoms with Crippen molar-refractivity contribution in [2.24, 2.45) is 10.1 Å². The highest BCUT2D eigenvalue weighted by Gasteiger charge is 2.18. The summed E-state index contributed by atoms with van der Waals surface area (Å²) in [4.78, 5) is 17.5. The number of thiazole rings is 1. The van der Waals surface area contributed by atoms with E-state index in [1.54, 1.807) is 14.2 Å². The molecule has 0 fully saturated rings. The van der Waals surface area contributed by atoms with Crippen LogP contribution in [0.1, 0.15) is 18.1 Å². The van der Waals surface area contributed by atoms with Gasteiger partial charge in [0.1, 0.15) is 5.75 Å². The first-order valence-corrected chi connectivity index (χ1v) is 12.5.